The molecule has 1 aromatic carbocycles. The summed E-state index contributed by atoms with van der Waals surface area (Å²) in [6.07, 6.45) is 0.743. The van der Waals surface area contributed by atoms with E-state index in [0.29, 0.717) is 5.75 Å². The first-order valence-corrected chi connectivity index (χ1v) is 7.36. The number of esters is 1. The molecular formula is C16H22N2O5. The standard InChI is InChI=1S/C16H22N2O5/c1-4-12(3)17-16(21)18-14(19)9-23-15(20)10-22-13-7-5-6-11(2)8-13/h5-8,12H,4,9-10H2,1-3H3,(H2,17,18,19,21)/t12-/m0/s1. The van der Waals surface area contributed by atoms with Gasteiger partial charge in [-0.15, -0.1) is 0 Å². The van der Waals surface area contributed by atoms with E-state index in [9.17, 15) is 14.4 Å². The van der Waals surface area contributed by atoms with Crippen molar-refractivity contribution in [1.29, 1.82) is 0 Å². The number of nitrogens with one attached hydrogen (secondary N) is 2. The molecule has 0 unspecified atom stereocenters. The molecule has 1 atom stereocenters. The molecule has 2 N–H and O–H groups in total. The summed E-state index contributed by atoms with van der Waals surface area (Å²) in [6.45, 7) is 4.77. The molecule has 0 fully saturated rings. The lowest BCUT2D eigenvalue weighted by Crippen LogP contribution is -2.44. The molecule has 3 amide bonds. The van der Waals surface area contributed by atoms with E-state index >= 15 is 0 Å². The Balaban J connectivity index is 2.25. The number of hydrogen-bond donors (Lipinski definition) is 2. The Morgan fingerprint density at radius 2 is 1.96 bits per heavy atom. The second-order valence-corrected chi connectivity index (χ2v) is 5.10. The maximum Gasteiger partial charge on any atom is 0.344 e. The summed E-state index contributed by atoms with van der Waals surface area (Å²) in [5.41, 5.74) is 1.00. The number of ether oxygens (including phenoxy) is 2. The Morgan fingerprint density at radius 3 is 2.61 bits per heavy atom. The number of imide groups is 1. The molecular weight excluding hydrogens is 300 g/mol. The molecule has 23 heavy (non-hydrogen) atoms. The second kappa shape index (κ2) is 9.45. The molecule has 1 rings (SSSR count). The second-order valence-electron chi connectivity index (χ2n) is 5.10. The van der Waals surface area contributed by atoms with Gasteiger partial charge in [0.15, 0.2) is 13.2 Å². The normalized spacial score (nSPS) is 11.3. The molecule has 0 saturated heterocycles. The zero-order valence-electron chi connectivity index (χ0n) is 13.5. The minimum atomic E-state index is -0.699. The van der Waals surface area contributed by atoms with Crippen LogP contribution in [0.4, 0.5) is 4.79 Å². The summed E-state index contributed by atoms with van der Waals surface area (Å²) in [4.78, 5) is 34.3. The van der Waals surface area contributed by atoms with Crippen LogP contribution in [0.5, 0.6) is 5.75 Å². The van der Waals surface area contributed by atoms with Gasteiger partial charge in [0, 0.05) is 6.04 Å². The van der Waals surface area contributed by atoms with Gasteiger partial charge in [0.05, 0.1) is 0 Å². The monoisotopic (exact) mass is 322 g/mol. The van der Waals surface area contributed by atoms with Crippen molar-refractivity contribution in [2.24, 2.45) is 0 Å². The lowest BCUT2D eigenvalue weighted by atomic mass is 10.2. The summed E-state index contributed by atoms with van der Waals surface area (Å²) in [6, 6.07) is 6.54. The topological polar surface area (TPSA) is 93.7 Å². The molecule has 7 nitrogen and oxygen atoms in total. The van der Waals surface area contributed by atoms with E-state index in [1.54, 1.807) is 18.2 Å². The fraction of sp³-hybridized carbons (Fsp3) is 0.438. The third kappa shape index (κ3) is 7.85. The van der Waals surface area contributed by atoms with E-state index in [1.165, 1.54) is 0 Å². The maximum atomic E-state index is 11.5. The zero-order chi connectivity index (χ0) is 17.2. The maximum absolute atomic E-state index is 11.5. The van der Waals surface area contributed by atoms with Gasteiger partial charge < -0.3 is 14.8 Å². The quantitative estimate of drug-likeness (QED) is 0.743. The van der Waals surface area contributed by atoms with Crippen molar-refractivity contribution in [2.75, 3.05) is 13.2 Å². The fourth-order valence-corrected chi connectivity index (χ4v) is 1.56. The third-order valence-corrected chi connectivity index (χ3v) is 2.95. The van der Waals surface area contributed by atoms with Crippen LogP contribution in [-0.4, -0.2) is 37.2 Å². The molecule has 0 aromatic heterocycles. The highest BCUT2D eigenvalue weighted by Crippen LogP contribution is 2.11. The van der Waals surface area contributed by atoms with Crippen LogP contribution in [0.15, 0.2) is 24.3 Å². The van der Waals surface area contributed by atoms with Gasteiger partial charge in [0.25, 0.3) is 5.91 Å². The molecule has 0 heterocycles. The first kappa shape index (κ1) is 18.5. The first-order valence-electron chi connectivity index (χ1n) is 7.36. The van der Waals surface area contributed by atoms with Gasteiger partial charge in [-0.05, 0) is 38.0 Å². The number of hydrogen-bond acceptors (Lipinski definition) is 5. The summed E-state index contributed by atoms with van der Waals surface area (Å²) >= 11 is 0. The van der Waals surface area contributed by atoms with Crippen molar-refractivity contribution < 1.29 is 23.9 Å². The van der Waals surface area contributed by atoms with E-state index in [1.807, 2.05) is 26.8 Å². The van der Waals surface area contributed by atoms with Crippen LogP contribution < -0.4 is 15.4 Å². The Morgan fingerprint density at radius 1 is 1.22 bits per heavy atom. The van der Waals surface area contributed by atoms with Crippen molar-refractivity contribution in [3.05, 3.63) is 29.8 Å². The van der Waals surface area contributed by atoms with Crippen molar-refractivity contribution >= 4 is 17.9 Å². The predicted octanol–water partition coefficient (Wildman–Crippen LogP) is 1.54. The van der Waals surface area contributed by atoms with Crippen LogP contribution in [-0.2, 0) is 14.3 Å². The number of carbonyl (C=O) groups is 3. The molecule has 0 spiro atoms. The van der Waals surface area contributed by atoms with Crippen LogP contribution >= 0.6 is 0 Å². The predicted molar refractivity (Wildman–Crippen MR) is 84.1 cm³/mol. The van der Waals surface area contributed by atoms with Crippen molar-refractivity contribution in [1.82, 2.24) is 10.6 Å². The van der Waals surface area contributed by atoms with Gasteiger partial charge in [-0.2, -0.15) is 0 Å². The molecule has 0 bridgehead atoms. The molecule has 7 heteroatoms. The number of benzene rings is 1. The zero-order valence-corrected chi connectivity index (χ0v) is 13.5. The van der Waals surface area contributed by atoms with E-state index < -0.39 is 24.5 Å². The number of carbonyl (C=O) groups excluding carboxylic acids is 3. The summed E-state index contributed by atoms with van der Waals surface area (Å²) in [5.74, 6) is -0.849. The van der Waals surface area contributed by atoms with Gasteiger partial charge in [0.1, 0.15) is 5.75 Å². The molecule has 126 valence electrons. The minimum Gasteiger partial charge on any atom is -0.482 e. The van der Waals surface area contributed by atoms with Gasteiger partial charge >= 0.3 is 12.0 Å². The molecule has 0 aliphatic carbocycles. The highest BCUT2D eigenvalue weighted by Gasteiger charge is 2.12. The van der Waals surface area contributed by atoms with Crippen LogP contribution in [0, 0.1) is 6.92 Å². The third-order valence-electron chi connectivity index (χ3n) is 2.95. The summed E-state index contributed by atoms with van der Waals surface area (Å²) < 4.78 is 9.98. The number of urea groups is 1. The number of rotatable bonds is 7. The Hall–Kier alpha value is -2.57. The first-order chi connectivity index (χ1) is 10.9. The summed E-state index contributed by atoms with van der Waals surface area (Å²) in [5, 5.41) is 4.64. The van der Waals surface area contributed by atoms with E-state index in [-0.39, 0.29) is 12.6 Å². The van der Waals surface area contributed by atoms with Crippen molar-refractivity contribution in [3.63, 3.8) is 0 Å². The lowest BCUT2D eigenvalue weighted by molar-refractivity contribution is -0.150. The lowest BCUT2D eigenvalue weighted by Gasteiger charge is -2.12. The molecule has 0 saturated carbocycles. The number of aryl methyl sites for hydroxylation is 1. The Kier molecular flexibility index (Phi) is 7.59. The van der Waals surface area contributed by atoms with Gasteiger partial charge in [-0.1, -0.05) is 19.1 Å². The highest BCUT2D eigenvalue weighted by molar-refractivity contribution is 5.95. The minimum absolute atomic E-state index is 0.0481. The van der Waals surface area contributed by atoms with Crippen molar-refractivity contribution in [2.45, 2.75) is 33.2 Å². The molecule has 1 aromatic rings. The Bertz CT molecular complexity index is 559. The van der Waals surface area contributed by atoms with Crippen LogP contribution in [0.2, 0.25) is 0 Å². The Labute approximate surface area is 135 Å². The average Bonchev–Trinajstić information content (AvgIpc) is 2.50. The van der Waals surface area contributed by atoms with E-state index in [4.69, 9.17) is 9.47 Å². The van der Waals surface area contributed by atoms with E-state index in [2.05, 4.69) is 10.6 Å². The van der Waals surface area contributed by atoms with Gasteiger partial charge in [0.2, 0.25) is 0 Å². The number of amides is 3. The van der Waals surface area contributed by atoms with Crippen LogP contribution in [0.25, 0.3) is 0 Å². The SMILES string of the molecule is CC[C@H](C)NC(=O)NC(=O)COC(=O)COc1cccc(C)c1. The summed E-state index contributed by atoms with van der Waals surface area (Å²) in [7, 11) is 0. The van der Waals surface area contributed by atoms with Gasteiger partial charge in [-0.25, -0.2) is 9.59 Å². The molecule has 0 aliphatic heterocycles. The van der Waals surface area contributed by atoms with Crippen molar-refractivity contribution in [3.8, 4) is 5.75 Å². The van der Waals surface area contributed by atoms with Crippen LogP contribution in [0.1, 0.15) is 25.8 Å². The molecule has 0 aliphatic rings. The van der Waals surface area contributed by atoms with Crippen LogP contribution in [0.3, 0.4) is 0 Å². The van der Waals surface area contributed by atoms with Gasteiger partial charge in [-0.3, -0.25) is 10.1 Å². The van der Waals surface area contributed by atoms with E-state index in [0.717, 1.165) is 12.0 Å². The average molecular weight is 322 g/mol. The fourth-order valence-electron chi connectivity index (χ4n) is 1.56. The molecule has 0 radical (unpaired) electrons. The smallest absolute Gasteiger partial charge is 0.344 e. The largest absolute Gasteiger partial charge is 0.482 e. The highest BCUT2D eigenvalue weighted by atomic mass is 16.6.